The molecule has 0 aromatic carbocycles. The number of pyridine rings is 1. The van der Waals surface area contributed by atoms with Crippen molar-refractivity contribution in [1.29, 1.82) is 0 Å². The number of anilines is 1. The van der Waals surface area contributed by atoms with Crippen molar-refractivity contribution in [2.45, 2.75) is 0 Å². The van der Waals surface area contributed by atoms with Crippen LogP contribution in [0.3, 0.4) is 0 Å². The topological polar surface area (TPSA) is 68.5 Å². The first-order chi connectivity index (χ1) is 9.33. The Kier molecular flexibility index (Phi) is 3.11. The third-order valence-corrected chi connectivity index (χ3v) is 3.02. The summed E-state index contributed by atoms with van der Waals surface area (Å²) in [6.07, 6.45) is 3.49. The van der Waals surface area contributed by atoms with Gasteiger partial charge in [-0.1, -0.05) is 0 Å². The lowest BCUT2D eigenvalue weighted by Crippen LogP contribution is -2.20. The predicted molar refractivity (Wildman–Crippen MR) is 71.4 cm³/mol. The molecule has 0 saturated heterocycles. The van der Waals surface area contributed by atoms with Crippen LogP contribution in [0.4, 0.5) is 5.69 Å². The fraction of sp³-hybridized carbons (Fsp3) is 0.0833. The molecule has 0 radical (unpaired) electrons. The molecule has 1 amide bonds. The molecule has 19 heavy (non-hydrogen) atoms. The molecule has 1 N–H and O–H groups in total. The highest BCUT2D eigenvalue weighted by Crippen LogP contribution is 2.15. The van der Waals surface area contributed by atoms with Crippen molar-refractivity contribution < 1.29 is 9.53 Å². The third kappa shape index (κ3) is 2.55. The maximum absolute atomic E-state index is 11.8. The van der Waals surface area contributed by atoms with E-state index in [-0.39, 0.29) is 12.5 Å². The maximum atomic E-state index is 11.8. The van der Waals surface area contributed by atoms with Crippen molar-refractivity contribution in [2.24, 2.45) is 0 Å². The number of carbonyl (C=O) groups excluding carboxylic acids is 1. The summed E-state index contributed by atoms with van der Waals surface area (Å²) < 4.78 is 10.9. The van der Waals surface area contributed by atoms with E-state index in [1.165, 1.54) is 11.5 Å². The van der Waals surface area contributed by atoms with Crippen LogP contribution in [0.15, 0.2) is 42.0 Å². The summed E-state index contributed by atoms with van der Waals surface area (Å²) in [7, 11) is 0. The van der Waals surface area contributed by atoms with Crippen LogP contribution < -0.4 is 10.1 Å². The second kappa shape index (κ2) is 5.07. The van der Waals surface area contributed by atoms with E-state index < -0.39 is 0 Å². The number of hydrogen-bond donors (Lipinski definition) is 1. The molecule has 0 spiro atoms. The van der Waals surface area contributed by atoms with E-state index in [4.69, 9.17) is 4.74 Å². The van der Waals surface area contributed by atoms with Crippen molar-refractivity contribution in [3.8, 4) is 5.88 Å². The summed E-state index contributed by atoms with van der Waals surface area (Å²) in [6.45, 7) is -0.0705. The van der Waals surface area contributed by atoms with Gasteiger partial charge in [-0.25, -0.2) is 4.52 Å². The van der Waals surface area contributed by atoms with E-state index in [1.807, 2.05) is 24.4 Å². The van der Waals surface area contributed by atoms with E-state index in [2.05, 4.69) is 14.8 Å². The average molecular weight is 274 g/mol. The Balaban J connectivity index is 1.67. The first-order valence-electron chi connectivity index (χ1n) is 5.58. The summed E-state index contributed by atoms with van der Waals surface area (Å²) in [5.41, 5.74) is 1.54. The third-order valence-electron chi connectivity index (χ3n) is 2.48. The quantitative estimate of drug-likeness (QED) is 0.787. The lowest BCUT2D eigenvalue weighted by molar-refractivity contribution is -0.118. The molecule has 96 valence electrons. The lowest BCUT2D eigenvalue weighted by atomic mass is 10.3. The highest BCUT2D eigenvalue weighted by Gasteiger charge is 2.07. The molecule has 3 aromatic heterocycles. The smallest absolute Gasteiger partial charge is 0.262 e. The van der Waals surface area contributed by atoms with E-state index >= 15 is 0 Å². The molecule has 7 heteroatoms. The number of amides is 1. The SMILES string of the molecule is O=C(COc1ccsn1)Nc1cccn2nccc12. The molecule has 0 aliphatic carbocycles. The first kappa shape index (κ1) is 11.7. The van der Waals surface area contributed by atoms with E-state index in [0.29, 0.717) is 11.6 Å². The summed E-state index contributed by atoms with van der Waals surface area (Å²) in [5, 5.41) is 8.68. The zero-order valence-electron chi connectivity index (χ0n) is 9.81. The van der Waals surface area contributed by atoms with Gasteiger partial charge in [0.05, 0.1) is 17.4 Å². The molecule has 0 aliphatic heterocycles. The molecule has 3 heterocycles. The van der Waals surface area contributed by atoms with Crippen molar-refractivity contribution >= 4 is 28.6 Å². The second-order valence-corrected chi connectivity index (χ2v) is 4.42. The molecule has 0 bridgehead atoms. The summed E-state index contributed by atoms with van der Waals surface area (Å²) >= 11 is 1.28. The number of carbonyl (C=O) groups is 1. The maximum Gasteiger partial charge on any atom is 0.262 e. The van der Waals surface area contributed by atoms with Gasteiger partial charge < -0.3 is 10.1 Å². The highest BCUT2D eigenvalue weighted by atomic mass is 32.1. The number of nitrogens with one attached hydrogen (secondary N) is 1. The van der Waals surface area contributed by atoms with Crippen molar-refractivity contribution in [2.75, 3.05) is 11.9 Å². The molecule has 0 saturated carbocycles. The van der Waals surface area contributed by atoms with Crippen LogP contribution >= 0.6 is 11.5 Å². The zero-order chi connectivity index (χ0) is 13.1. The molecule has 0 fully saturated rings. The minimum absolute atomic E-state index is 0.0705. The lowest BCUT2D eigenvalue weighted by Gasteiger charge is -2.07. The predicted octanol–water partition coefficient (Wildman–Crippen LogP) is 1.81. The van der Waals surface area contributed by atoms with Gasteiger partial charge in [0.1, 0.15) is 0 Å². The summed E-state index contributed by atoms with van der Waals surface area (Å²) in [5.74, 6) is 0.227. The zero-order valence-corrected chi connectivity index (χ0v) is 10.6. The summed E-state index contributed by atoms with van der Waals surface area (Å²) in [4.78, 5) is 11.8. The number of hydrogen-bond acceptors (Lipinski definition) is 5. The van der Waals surface area contributed by atoms with Gasteiger partial charge in [-0.05, 0) is 29.7 Å². The van der Waals surface area contributed by atoms with Gasteiger partial charge in [0.25, 0.3) is 5.91 Å². The van der Waals surface area contributed by atoms with Crippen LogP contribution in [0.2, 0.25) is 0 Å². The van der Waals surface area contributed by atoms with Crippen LogP contribution in [-0.4, -0.2) is 26.5 Å². The van der Waals surface area contributed by atoms with Gasteiger partial charge in [0, 0.05) is 17.6 Å². The average Bonchev–Trinajstić information content (AvgIpc) is 3.08. The molecule has 6 nitrogen and oxygen atoms in total. The van der Waals surface area contributed by atoms with Crippen LogP contribution in [-0.2, 0) is 4.79 Å². The Bertz CT molecular complexity index is 693. The Morgan fingerprint density at radius 3 is 3.21 bits per heavy atom. The molecule has 3 aromatic rings. The number of fused-ring (bicyclic) bond motifs is 1. The number of aromatic nitrogens is 3. The van der Waals surface area contributed by atoms with Crippen LogP contribution in [0, 0.1) is 0 Å². The van der Waals surface area contributed by atoms with E-state index in [1.54, 1.807) is 22.2 Å². The largest absolute Gasteiger partial charge is 0.467 e. The molecule has 0 aliphatic rings. The minimum atomic E-state index is -0.234. The van der Waals surface area contributed by atoms with Gasteiger partial charge in [-0.2, -0.15) is 9.47 Å². The van der Waals surface area contributed by atoms with Crippen molar-refractivity contribution in [1.82, 2.24) is 14.0 Å². The van der Waals surface area contributed by atoms with Crippen LogP contribution in [0.5, 0.6) is 5.88 Å². The standard InChI is InChI=1S/C12H10N4O2S/c17-11(8-18-12-4-7-19-15-12)14-9-2-1-6-16-10(9)3-5-13-16/h1-7H,8H2,(H,14,17). The van der Waals surface area contributed by atoms with Gasteiger partial charge in [-0.3, -0.25) is 4.79 Å². The van der Waals surface area contributed by atoms with Crippen LogP contribution in [0.1, 0.15) is 0 Å². The molecular formula is C12H10N4O2S. The van der Waals surface area contributed by atoms with Gasteiger partial charge >= 0.3 is 0 Å². The molecular weight excluding hydrogens is 264 g/mol. The van der Waals surface area contributed by atoms with Crippen molar-refractivity contribution in [3.63, 3.8) is 0 Å². The fourth-order valence-corrected chi connectivity index (χ4v) is 2.12. The Hall–Kier alpha value is -2.41. The summed E-state index contributed by atoms with van der Waals surface area (Å²) in [6, 6.07) is 7.18. The second-order valence-electron chi connectivity index (χ2n) is 3.76. The molecule has 3 rings (SSSR count). The Morgan fingerprint density at radius 1 is 1.42 bits per heavy atom. The van der Waals surface area contributed by atoms with Gasteiger partial charge in [0.15, 0.2) is 6.61 Å². The van der Waals surface area contributed by atoms with Crippen LogP contribution in [0.25, 0.3) is 5.52 Å². The van der Waals surface area contributed by atoms with Crippen molar-refractivity contribution in [3.05, 3.63) is 42.0 Å². The normalized spacial score (nSPS) is 10.5. The highest BCUT2D eigenvalue weighted by molar-refractivity contribution is 7.03. The number of rotatable bonds is 4. The minimum Gasteiger partial charge on any atom is -0.467 e. The molecule has 0 atom stereocenters. The van der Waals surface area contributed by atoms with E-state index in [9.17, 15) is 4.79 Å². The Morgan fingerprint density at radius 2 is 2.37 bits per heavy atom. The number of ether oxygens (including phenoxy) is 1. The van der Waals surface area contributed by atoms with Gasteiger partial charge in [0.2, 0.25) is 5.88 Å². The first-order valence-corrected chi connectivity index (χ1v) is 6.42. The monoisotopic (exact) mass is 274 g/mol. The Labute approximate surface area is 112 Å². The fourth-order valence-electron chi connectivity index (χ4n) is 1.66. The van der Waals surface area contributed by atoms with Gasteiger partial charge in [-0.15, -0.1) is 0 Å². The number of nitrogens with zero attached hydrogens (tertiary/aromatic N) is 3. The molecule has 0 unspecified atom stereocenters. The van der Waals surface area contributed by atoms with E-state index in [0.717, 1.165) is 5.52 Å².